The van der Waals surface area contributed by atoms with E-state index in [-0.39, 0.29) is 5.91 Å². The number of carbonyl (C=O) groups is 1. The van der Waals surface area contributed by atoms with E-state index in [4.69, 9.17) is 0 Å². The molecule has 2 aliphatic rings. The van der Waals surface area contributed by atoms with Crippen molar-refractivity contribution in [3.8, 4) is 0 Å². The Morgan fingerprint density at radius 1 is 1.09 bits per heavy atom. The van der Waals surface area contributed by atoms with Crippen LogP contribution in [0, 0.1) is 0 Å². The number of nitrogens with zero attached hydrogens (tertiary/aromatic N) is 2. The third-order valence-electron chi connectivity index (χ3n) is 4.34. The molecule has 2 saturated heterocycles. The summed E-state index contributed by atoms with van der Waals surface area (Å²) in [6, 6.07) is 3.43. The summed E-state index contributed by atoms with van der Waals surface area (Å²) in [6.07, 6.45) is 3.25. The molecule has 6 nitrogen and oxygen atoms in total. The summed E-state index contributed by atoms with van der Waals surface area (Å²) in [5, 5.41) is 3.22. The van der Waals surface area contributed by atoms with E-state index in [0.717, 1.165) is 50.3 Å². The Hall–Kier alpha value is -0.960. The van der Waals surface area contributed by atoms with Crippen LogP contribution in [0.2, 0.25) is 0 Å². The summed E-state index contributed by atoms with van der Waals surface area (Å²) in [5.41, 5.74) is 0. The van der Waals surface area contributed by atoms with E-state index in [0.29, 0.717) is 23.7 Å². The maximum absolute atomic E-state index is 12.6. The fraction of sp³-hybridized carbons (Fsp3) is 0.667. The third kappa shape index (κ3) is 3.93. The van der Waals surface area contributed by atoms with E-state index in [9.17, 15) is 13.2 Å². The number of hydrogen-bond acceptors (Lipinski definition) is 5. The topological polar surface area (TPSA) is 69.7 Å². The van der Waals surface area contributed by atoms with Crippen LogP contribution >= 0.6 is 11.3 Å². The Kier molecular flexibility index (Phi) is 5.35. The lowest BCUT2D eigenvalue weighted by Gasteiger charge is -2.27. The predicted octanol–water partition coefficient (Wildman–Crippen LogP) is 0.897. The second-order valence-electron chi connectivity index (χ2n) is 5.99. The van der Waals surface area contributed by atoms with Gasteiger partial charge in [0.05, 0.1) is 6.42 Å². The highest BCUT2D eigenvalue weighted by Crippen LogP contribution is 2.27. The summed E-state index contributed by atoms with van der Waals surface area (Å²) in [4.78, 5) is 14.9. The second-order valence-corrected chi connectivity index (χ2v) is 9.33. The van der Waals surface area contributed by atoms with Crippen LogP contribution in [0.5, 0.6) is 0 Å². The summed E-state index contributed by atoms with van der Waals surface area (Å²) in [7, 11) is -3.38. The first-order valence-electron chi connectivity index (χ1n) is 8.15. The molecule has 0 unspecified atom stereocenters. The lowest BCUT2D eigenvalue weighted by atomic mass is 10.2. The Morgan fingerprint density at radius 3 is 2.48 bits per heavy atom. The molecule has 0 aliphatic carbocycles. The van der Waals surface area contributed by atoms with Crippen molar-refractivity contribution in [1.29, 1.82) is 0 Å². The van der Waals surface area contributed by atoms with Crippen LogP contribution in [-0.2, 0) is 21.2 Å². The number of nitrogens with one attached hydrogen (secondary N) is 1. The zero-order valence-corrected chi connectivity index (χ0v) is 14.8. The first-order chi connectivity index (χ1) is 11.1. The van der Waals surface area contributed by atoms with E-state index in [1.807, 2.05) is 4.90 Å². The molecule has 0 spiro atoms. The SMILES string of the molecule is O=C(Cc1ccc(S(=O)(=O)N2CCCCC2)s1)N1CCNCC1. The quantitative estimate of drug-likeness (QED) is 0.869. The number of thiophene rings is 1. The number of piperidine rings is 1. The van der Waals surface area contributed by atoms with Crippen LogP contribution < -0.4 is 5.32 Å². The Morgan fingerprint density at radius 2 is 1.78 bits per heavy atom. The molecule has 0 saturated carbocycles. The number of rotatable bonds is 4. The third-order valence-corrected chi connectivity index (χ3v) is 7.79. The molecule has 1 aromatic rings. The number of carbonyl (C=O) groups excluding carboxylic acids is 1. The molecule has 1 N–H and O–H groups in total. The molecular weight excluding hydrogens is 334 g/mol. The Balaban J connectivity index is 1.66. The normalized spacial score (nSPS) is 20.6. The van der Waals surface area contributed by atoms with E-state index in [2.05, 4.69) is 5.32 Å². The molecule has 3 rings (SSSR count). The maximum Gasteiger partial charge on any atom is 0.252 e. The monoisotopic (exact) mass is 357 g/mol. The maximum atomic E-state index is 12.6. The van der Waals surface area contributed by atoms with Crippen molar-refractivity contribution < 1.29 is 13.2 Å². The lowest BCUT2D eigenvalue weighted by Crippen LogP contribution is -2.46. The lowest BCUT2D eigenvalue weighted by molar-refractivity contribution is -0.130. The van der Waals surface area contributed by atoms with Gasteiger partial charge in [-0.2, -0.15) is 4.31 Å². The van der Waals surface area contributed by atoms with Gasteiger partial charge in [0, 0.05) is 44.1 Å². The van der Waals surface area contributed by atoms with Crippen molar-refractivity contribution in [2.75, 3.05) is 39.3 Å². The van der Waals surface area contributed by atoms with Crippen LogP contribution in [0.1, 0.15) is 24.1 Å². The van der Waals surface area contributed by atoms with Gasteiger partial charge in [0.15, 0.2) is 0 Å². The Bertz CT molecular complexity index is 645. The molecule has 2 fully saturated rings. The predicted molar refractivity (Wildman–Crippen MR) is 90.1 cm³/mol. The zero-order valence-electron chi connectivity index (χ0n) is 13.2. The second kappa shape index (κ2) is 7.29. The van der Waals surface area contributed by atoms with Gasteiger partial charge in [0.1, 0.15) is 4.21 Å². The van der Waals surface area contributed by atoms with Crippen molar-refractivity contribution in [2.24, 2.45) is 0 Å². The fourth-order valence-electron chi connectivity index (χ4n) is 3.00. The minimum Gasteiger partial charge on any atom is -0.340 e. The highest BCUT2D eigenvalue weighted by atomic mass is 32.2. The molecule has 0 radical (unpaired) electrons. The van der Waals surface area contributed by atoms with Crippen molar-refractivity contribution >= 4 is 27.3 Å². The van der Waals surface area contributed by atoms with E-state index in [1.165, 1.54) is 11.3 Å². The van der Waals surface area contributed by atoms with Crippen LogP contribution in [0.25, 0.3) is 0 Å². The van der Waals surface area contributed by atoms with E-state index in [1.54, 1.807) is 16.4 Å². The zero-order chi connectivity index (χ0) is 16.3. The van der Waals surface area contributed by atoms with Gasteiger partial charge in [0.25, 0.3) is 10.0 Å². The smallest absolute Gasteiger partial charge is 0.252 e. The van der Waals surface area contributed by atoms with E-state index < -0.39 is 10.0 Å². The summed E-state index contributed by atoms with van der Waals surface area (Å²) < 4.78 is 27.2. The molecule has 0 aromatic carbocycles. The molecule has 128 valence electrons. The summed E-state index contributed by atoms with van der Waals surface area (Å²) >= 11 is 1.23. The molecular formula is C15H23N3O3S2. The highest BCUT2D eigenvalue weighted by Gasteiger charge is 2.27. The largest absolute Gasteiger partial charge is 0.340 e. The average molecular weight is 358 g/mol. The number of hydrogen-bond donors (Lipinski definition) is 1. The van der Waals surface area contributed by atoms with E-state index >= 15 is 0 Å². The summed E-state index contributed by atoms with van der Waals surface area (Å²) in [6.45, 7) is 4.31. The minimum atomic E-state index is -3.38. The molecule has 0 bridgehead atoms. The van der Waals surface area contributed by atoms with Gasteiger partial charge in [-0.05, 0) is 25.0 Å². The van der Waals surface area contributed by atoms with Crippen LogP contribution in [-0.4, -0.2) is 62.8 Å². The van der Waals surface area contributed by atoms with Crippen LogP contribution in [0.15, 0.2) is 16.3 Å². The average Bonchev–Trinajstić information content (AvgIpc) is 3.06. The molecule has 23 heavy (non-hydrogen) atoms. The number of piperazine rings is 1. The van der Waals surface area contributed by atoms with Gasteiger partial charge in [-0.15, -0.1) is 11.3 Å². The standard InChI is InChI=1S/C15H23N3O3S2/c19-14(17-10-6-16-7-11-17)12-13-4-5-15(22-13)23(20,21)18-8-2-1-3-9-18/h4-5,16H,1-3,6-12H2. The van der Waals surface area contributed by atoms with Gasteiger partial charge < -0.3 is 10.2 Å². The van der Waals surface area contributed by atoms with Gasteiger partial charge in [-0.3, -0.25) is 4.79 Å². The molecule has 8 heteroatoms. The van der Waals surface area contributed by atoms with Crippen molar-refractivity contribution in [3.63, 3.8) is 0 Å². The van der Waals surface area contributed by atoms with Gasteiger partial charge in [-0.1, -0.05) is 6.42 Å². The molecule has 1 aromatic heterocycles. The van der Waals surface area contributed by atoms with Crippen molar-refractivity contribution in [1.82, 2.24) is 14.5 Å². The molecule has 3 heterocycles. The van der Waals surface area contributed by atoms with Crippen LogP contribution in [0.4, 0.5) is 0 Å². The first-order valence-corrected chi connectivity index (χ1v) is 10.4. The van der Waals surface area contributed by atoms with Crippen LogP contribution in [0.3, 0.4) is 0 Å². The molecule has 2 aliphatic heterocycles. The molecule has 1 amide bonds. The summed E-state index contributed by atoms with van der Waals surface area (Å²) in [5.74, 6) is 0.0790. The van der Waals surface area contributed by atoms with Gasteiger partial charge in [-0.25, -0.2) is 8.42 Å². The van der Waals surface area contributed by atoms with Crippen molar-refractivity contribution in [2.45, 2.75) is 29.9 Å². The van der Waals surface area contributed by atoms with Gasteiger partial charge >= 0.3 is 0 Å². The Labute approximate surface area is 141 Å². The minimum absolute atomic E-state index is 0.0790. The fourth-order valence-corrected chi connectivity index (χ4v) is 6.02. The number of amides is 1. The number of sulfonamides is 1. The highest BCUT2D eigenvalue weighted by molar-refractivity contribution is 7.91. The van der Waals surface area contributed by atoms with Gasteiger partial charge in [0.2, 0.25) is 5.91 Å². The van der Waals surface area contributed by atoms with Crippen molar-refractivity contribution in [3.05, 3.63) is 17.0 Å². The first kappa shape index (κ1) is 16.9. The molecule has 0 atom stereocenters.